The van der Waals surface area contributed by atoms with Gasteiger partial charge in [-0.1, -0.05) is 80.4 Å². The van der Waals surface area contributed by atoms with Gasteiger partial charge >= 0.3 is 0 Å². The molecule has 214 valence electrons. The third-order valence-electron chi connectivity index (χ3n) is 6.53. The number of hydrogen-bond donors (Lipinski definition) is 1. The van der Waals surface area contributed by atoms with Crippen LogP contribution in [0.2, 0.25) is 10.0 Å². The summed E-state index contributed by atoms with van der Waals surface area (Å²) in [7, 11) is -4.12. The molecule has 3 rings (SSSR count). The molecule has 0 bridgehead atoms. The Labute approximate surface area is 247 Å². The van der Waals surface area contributed by atoms with Gasteiger partial charge in [0.05, 0.1) is 10.6 Å². The predicted molar refractivity (Wildman–Crippen MR) is 161 cm³/mol. The van der Waals surface area contributed by atoms with E-state index in [0.717, 1.165) is 16.3 Å². The van der Waals surface area contributed by atoms with E-state index in [9.17, 15) is 18.0 Å². The summed E-state index contributed by atoms with van der Waals surface area (Å²) in [6.07, 6.45) is 0.727. The number of carbonyl (C=O) groups is 2. The summed E-state index contributed by atoms with van der Waals surface area (Å²) < 4.78 is 28.8. The predicted octanol–water partition coefficient (Wildman–Crippen LogP) is 6.26. The maximum Gasteiger partial charge on any atom is 0.264 e. The molecule has 2 amide bonds. The van der Waals surface area contributed by atoms with E-state index < -0.39 is 28.5 Å². The van der Waals surface area contributed by atoms with Crippen molar-refractivity contribution in [2.24, 2.45) is 0 Å². The van der Waals surface area contributed by atoms with Gasteiger partial charge < -0.3 is 10.2 Å². The Bertz CT molecular complexity index is 1410. The van der Waals surface area contributed by atoms with Crippen molar-refractivity contribution < 1.29 is 18.0 Å². The highest BCUT2D eigenvalue weighted by molar-refractivity contribution is 7.92. The first-order valence-corrected chi connectivity index (χ1v) is 15.3. The second-order valence-corrected chi connectivity index (χ2v) is 12.5. The molecule has 0 aliphatic heterocycles. The second kappa shape index (κ2) is 14.0. The minimum Gasteiger partial charge on any atom is -0.354 e. The molecule has 0 aliphatic rings. The van der Waals surface area contributed by atoms with Gasteiger partial charge in [-0.2, -0.15) is 0 Å². The lowest BCUT2D eigenvalue weighted by Crippen LogP contribution is -2.51. The summed E-state index contributed by atoms with van der Waals surface area (Å²) in [6.45, 7) is 7.54. The molecular weight excluding hydrogens is 569 g/mol. The van der Waals surface area contributed by atoms with Crippen LogP contribution in [0.5, 0.6) is 0 Å². The molecule has 0 aromatic heterocycles. The van der Waals surface area contributed by atoms with Crippen molar-refractivity contribution in [3.05, 3.63) is 94.0 Å². The number of hydrogen-bond acceptors (Lipinski definition) is 4. The summed E-state index contributed by atoms with van der Waals surface area (Å²) in [5.41, 5.74) is 1.95. The molecule has 0 saturated carbocycles. The van der Waals surface area contributed by atoms with Gasteiger partial charge in [-0.15, -0.1) is 0 Å². The maximum absolute atomic E-state index is 14.0. The molecular formula is C30H35Cl2N3O4S. The number of nitrogens with zero attached hydrogens (tertiary/aromatic N) is 2. The fraction of sp³-hybridized carbons (Fsp3) is 0.333. The lowest BCUT2D eigenvalue weighted by atomic mass is 10.0. The molecule has 10 heteroatoms. The Kier molecular flexibility index (Phi) is 11.0. The first-order valence-electron chi connectivity index (χ1n) is 13.1. The van der Waals surface area contributed by atoms with E-state index in [1.165, 1.54) is 17.0 Å². The van der Waals surface area contributed by atoms with Crippen LogP contribution in [0.3, 0.4) is 0 Å². The molecule has 1 atom stereocenters. The van der Waals surface area contributed by atoms with Gasteiger partial charge in [-0.05, 0) is 66.8 Å². The molecule has 0 heterocycles. The zero-order valence-corrected chi connectivity index (χ0v) is 25.4. The number of carbonyl (C=O) groups excluding carboxylic acids is 2. The average Bonchev–Trinajstić information content (AvgIpc) is 2.94. The number of rotatable bonds is 12. The number of sulfonamides is 1. The highest BCUT2D eigenvalue weighted by Crippen LogP contribution is 2.27. The zero-order chi connectivity index (χ0) is 29.4. The van der Waals surface area contributed by atoms with E-state index in [1.54, 1.807) is 55.5 Å². The van der Waals surface area contributed by atoms with E-state index in [-0.39, 0.29) is 23.3 Å². The molecule has 1 N–H and O–H groups in total. The summed E-state index contributed by atoms with van der Waals surface area (Å²) in [5.74, 6) is -0.659. The van der Waals surface area contributed by atoms with E-state index in [2.05, 4.69) is 5.32 Å². The highest BCUT2D eigenvalue weighted by atomic mass is 35.5. The molecule has 0 spiro atoms. The van der Waals surface area contributed by atoms with Crippen molar-refractivity contribution in [2.45, 2.75) is 57.5 Å². The Balaban J connectivity index is 2.04. The van der Waals surface area contributed by atoms with Gasteiger partial charge in [0, 0.05) is 23.1 Å². The first-order chi connectivity index (χ1) is 18.9. The minimum absolute atomic E-state index is 0.0128. The third-order valence-corrected chi connectivity index (χ3v) is 8.91. The van der Waals surface area contributed by atoms with Crippen LogP contribution in [0, 0.1) is 0 Å². The monoisotopic (exact) mass is 603 g/mol. The normalized spacial score (nSPS) is 12.2. The highest BCUT2D eigenvalue weighted by Gasteiger charge is 2.32. The van der Waals surface area contributed by atoms with Crippen LogP contribution in [0.1, 0.15) is 51.2 Å². The summed E-state index contributed by atoms with van der Waals surface area (Å²) in [4.78, 5) is 28.3. The number of anilines is 1. The molecule has 7 nitrogen and oxygen atoms in total. The summed E-state index contributed by atoms with van der Waals surface area (Å²) in [5, 5.41) is 3.59. The van der Waals surface area contributed by atoms with E-state index in [1.807, 2.05) is 32.9 Å². The van der Waals surface area contributed by atoms with Crippen molar-refractivity contribution in [1.29, 1.82) is 0 Å². The van der Waals surface area contributed by atoms with Crippen LogP contribution in [0.25, 0.3) is 0 Å². The molecule has 3 aromatic carbocycles. The lowest BCUT2D eigenvalue weighted by molar-refractivity contribution is -0.139. The Hall–Kier alpha value is -3.07. The van der Waals surface area contributed by atoms with Crippen molar-refractivity contribution >= 4 is 50.7 Å². The van der Waals surface area contributed by atoms with Crippen LogP contribution in [0.15, 0.2) is 77.7 Å². The largest absolute Gasteiger partial charge is 0.354 e. The van der Waals surface area contributed by atoms with Crippen LogP contribution in [0.4, 0.5) is 5.69 Å². The third kappa shape index (κ3) is 7.77. The van der Waals surface area contributed by atoms with Gasteiger partial charge in [0.1, 0.15) is 12.6 Å². The van der Waals surface area contributed by atoms with Crippen LogP contribution < -0.4 is 9.62 Å². The zero-order valence-electron chi connectivity index (χ0n) is 23.1. The van der Waals surface area contributed by atoms with Crippen molar-refractivity contribution in [1.82, 2.24) is 10.2 Å². The molecule has 0 radical (unpaired) electrons. The topological polar surface area (TPSA) is 86.8 Å². The van der Waals surface area contributed by atoms with Gasteiger partial charge in [-0.3, -0.25) is 13.9 Å². The smallest absolute Gasteiger partial charge is 0.264 e. The minimum atomic E-state index is -4.12. The Morgan fingerprint density at radius 2 is 1.57 bits per heavy atom. The molecule has 0 fully saturated rings. The van der Waals surface area contributed by atoms with E-state index >= 15 is 0 Å². The van der Waals surface area contributed by atoms with Crippen molar-refractivity contribution in [3.63, 3.8) is 0 Å². The van der Waals surface area contributed by atoms with E-state index in [4.69, 9.17) is 23.2 Å². The molecule has 0 unspecified atom stereocenters. The quantitative estimate of drug-likeness (QED) is 0.265. The second-order valence-electron chi connectivity index (χ2n) is 9.80. The van der Waals surface area contributed by atoms with Crippen LogP contribution in [-0.4, -0.2) is 44.3 Å². The maximum atomic E-state index is 14.0. The standard InChI is InChI=1S/C30H35Cl2N3O4S/c1-5-17-33-30(37)22(4)34(19-24-11-14-25(31)18-28(24)32)29(36)20-35(26-15-12-23(13-16-26)21(2)3)40(38,39)27-9-7-6-8-10-27/h6-16,18,21-22H,5,17,19-20H2,1-4H3,(H,33,37)/t22-/m1/s1. The molecule has 0 aliphatic carbocycles. The number of halogens is 2. The lowest BCUT2D eigenvalue weighted by Gasteiger charge is -2.32. The van der Waals surface area contributed by atoms with Crippen LogP contribution >= 0.6 is 23.2 Å². The average molecular weight is 605 g/mol. The fourth-order valence-electron chi connectivity index (χ4n) is 4.09. The Morgan fingerprint density at radius 1 is 0.925 bits per heavy atom. The summed E-state index contributed by atoms with van der Waals surface area (Å²) >= 11 is 12.5. The Morgan fingerprint density at radius 3 is 2.15 bits per heavy atom. The van der Waals surface area contributed by atoms with Crippen molar-refractivity contribution in [2.75, 3.05) is 17.4 Å². The molecule has 0 saturated heterocycles. The molecule has 40 heavy (non-hydrogen) atoms. The van der Waals surface area contributed by atoms with E-state index in [0.29, 0.717) is 27.8 Å². The van der Waals surface area contributed by atoms with Gasteiger partial charge in [0.2, 0.25) is 11.8 Å². The van der Waals surface area contributed by atoms with Gasteiger partial charge in [0.25, 0.3) is 10.0 Å². The van der Waals surface area contributed by atoms with Crippen molar-refractivity contribution in [3.8, 4) is 0 Å². The number of amides is 2. The van der Waals surface area contributed by atoms with Crippen LogP contribution in [-0.2, 0) is 26.2 Å². The van der Waals surface area contributed by atoms with Gasteiger partial charge in [0.15, 0.2) is 0 Å². The first kappa shape index (κ1) is 31.5. The fourth-order valence-corrected chi connectivity index (χ4v) is 5.99. The molecule has 3 aromatic rings. The SMILES string of the molecule is CCCNC(=O)[C@@H](C)N(Cc1ccc(Cl)cc1Cl)C(=O)CN(c1ccc(C(C)C)cc1)S(=O)(=O)c1ccccc1. The van der Waals surface area contributed by atoms with Gasteiger partial charge in [-0.25, -0.2) is 8.42 Å². The summed E-state index contributed by atoms with van der Waals surface area (Å²) in [6, 6.07) is 19.0. The number of nitrogens with one attached hydrogen (secondary N) is 1. The number of benzene rings is 3.